The van der Waals surface area contributed by atoms with Crippen LogP contribution in [0.25, 0.3) is 0 Å². The van der Waals surface area contributed by atoms with Crippen LogP contribution in [0.2, 0.25) is 0 Å². The molecule has 0 aromatic carbocycles. The maximum absolute atomic E-state index is 5.36. The Morgan fingerprint density at radius 1 is 2.00 bits per heavy atom. The zero-order valence-corrected chi connectivity index (χ0v) is 4.50. The highest BCUT2D eigenvalue weighted by Gasteiger charge is 1.70. The van der Waals surface area contributed by atoms with E-state index < -0.39 is 0 Å². The third-order valence-corrected chi connectivity index (χ3v) is 0.553. The summed E-state index contributed by atoms with van der Waals surface area (Å²) >= 11 is 5.36. The predicted octanol–water partition coefficient (Wildman–Crippen LogP) is 1.09. The number of hydrogen-bond donors (Lipinski definition) is 1. The van der Waals surface area contributed by atoms with E-state index in [1.807, 2.05) is 0 Å². The average molecular weight is 106 g/mol. The van der Waals surface area contributed by atoms with Crippen LogP contribution in [0.4, 0.5) is 0 Å². The van der Waals surface area contributed by atoms with Gasteiger partial charge in [0.2, 0.25) is 0 Å². The fraction of sp³-hybridized carbons (Fsp3) is 0.500. The fourth-order valence-corrected chi connectivity index (χ4v) is 0.251. The summed E-state index contributed by atoms with van der Waals surface area (Å²) in [6, 6.07) is 0. The van der Waals surface area contributed by atoms with Gasteiger partial charge in [-0.3, -0.25) is 0 Å². The van der Waals surface area contributed by atoms with Gasteiger partial charge in [0.1, 0.15) is 0 Å². The zero-order valence-electron chi connectivity index (χ0n) is 3.74. The molecule has 0 amide bonds. The molecule has 0 rings (SSSR count). The Morgan fingerprint density at radius 3 is 2.50 bits per heavy atom. The molecule has 0 aromatic rings. The molecule has 0 aliphatic rings. The smallest absolute Gasteiger partial charge is 0.0122 e. The van der Waals surface area contributed by atoms with Gasteiger partial charge in [-0.05, 0) is 6.92 Å². The highest BCUT2D eigenvalue weighted by molar-refractivity contribution is 6.29. The minimum absolute atomic E-state index is 0.537. The number of hydrogen-bond acceptors (Lipinski definition) is 1. The van der Waals surface area contributed by atoms with E-state index in [1.54, 1.807) is 13.0 Å². The Labute approximate surface area is 42.8 Å². The van der Waals surface area contributed by atoms with Crippen molar-refractivity contribution in [1.82, 2.24) is 0 Å². The molecule has 0 atom stereocenters. The lowest BCUT2D eigenvalue weighted by molar-refractivity contribution is 1.24. The first-order valence-corrected chi connectivity index (χ1v) is 2.17. The Bertz CT molecular complexity index is 54.6. The molecular formula is C4H8ClN. The van der Waals surface area contributed by atoms with Crippen molar-refractivity contribution in [3.63, 3.8) is 0 Å². The van der Waals surface area contributed by atoms with Crippen LogP contribution in [-0.2, 0) is 0 Å². The van der Waals surface area contributed by atoms with Crippen molar-refractivity contribution < 1.29 is 0 Å². The SMILES string of the molecule is C/C(Cl)=C\CN. The molecule has 0 aliphatic carbocycles. The van der Waals surface area contributed by atoms with Gasteiger partial charge in [0, 0.05) is 11.6 Å². The van der Waals surface area contributed by atoms with Gasteiger partial charge < -0.3 is 5.73 Å². The summed E-state index contributed by atoms with van der Waals surface area (Å²) in [5, 5.41) is 0.762. The topological polar surface area (TPSA) is 26.0 Å². The van der Waals surface area contributed by atoms with Gasteiger partial charge in [-0.2, -0.15) is 0 Å². The third kappa shape index (κ3) is 3.99. The Hall–Kier alpha value is -0.0100. The second kappa shape index (κ2) is 3.19. The van der Waals surface area contributed by atoms with E-state index in [0.717, 1.165) is 5.03 Å². The van der Waals surface area contributed by atoms with Crippen LogP contribution in [0.5, 0.6) is 0 Å². The normalized spacial score (nSPS) is 12.2. The zero-order chi connectivity index (χ0) is 4.99. The summed E-state index contributed by atoms with van der Waals surface area (Å²) in [6.07, 6.45) is 1.75. The minimum Gasteiger partial charge on any atom is -0.327 e. The lowest BCUT2D eigenvalue weighted by Gasteiger charge is -1.77. The monoisotopic (exact) mass is 105 g/mol. The summed E-state index contributed by atoms with van der Waals surface area (Å²) in [4.78, 5) is 0. The van der Waals surface area contributed by atoms with Crippen LogP contribution in [0, 0.1) is 0 Å². The maximum atomic E-state index is 5.36. The molecule has 0 heterocycles. The molecule has 0 saturated heterocycles. The van der Waals surface area contributed by atoms with Gasteiger partial charge >= 0.3 is 0 Å². The number of allylic oxidation sites excluding steroid dienone is 1. The van der Waals surface area contributed by atoms with Gasteiger partial charge in [0.25, 0.3) is 0 Å². The van der Waals surface area contributed by atoms with Crippen molar-refractivity contribution >= 4 is 11.6 Å². The lowest BCUT2D eigenvalue weighted by Crippen LogP contribution is -1.92. The van der Waals surface area contributed by atoms with Crippen molar-refractivity contribution in [1.29, 1.82) is 0 Å². The van der Waals surface area contributed by atoms with E-state index in [9.17, 15) is 0 Å². The first-order valence-electron chi connectivity index (χ1n) is 1.79. The first-order chi connectivity index (χ1) is 2.77. The molecule has 0 saturated carbocycles. The Balaban J connectivity index is 3.14. The largest absolute Gasteiger partial charge is 0.327 e. The Morgan fingerprint density at radius 2 is 2.50 bits per heavy atom. The van der Waals surface area contributed by atoms with Crippen LogP contribution in [0.3, 0.4) is 0 Å². The van der Waals surface area contributed by atoms with Crippen LogP contribution in [-0.4, -0.2) is 6.54 Å². The summed E-state index contributed by atoms with van der Waals surface area (Å²) in [7, 11) is 0. The molecule has 2 heteroatoms. The van der Waals surface area contributed by atoms with Gasteiger partial charge in [-0.15, -0.1) is 0 Å². The molecule has 2 N–H and O–H groups in total. The summed E-state index contributed by atoms with van der Waals surface area (Å²) < 4.78 is 0. The molecule has 0 bridgehead atoms. The quantitative estimate of drug-likeness (QED) is 0.531. The summed E-state index contributed by atoms with van der Waals surface area (Å²) in [6.45, 7) is 2.34. The number of nitrogens with two attached hydrogens (primary N) is 1. The molecule has 0 spiro atoms. The molecule has 6 heavy (non-hydrogen) atoms. The first kappa shape index (κ1) is 5.99. The van der Waals surface area contributed by atoms with E-state index in [0.29, 0.717) is 6.54 Å². The third-order valence-electron chi connectivity index (χ3n) is 0.399. The molecule has 0 aliphatic heterocycles. The van der Waals surface area contributed by atoms with E-state index in [-0.39, 0.29) is 0 Å². The molecule has 0 radical (unpaired) electrons. The van der Waals surface area contributed by atoms with Crippen molar-refractivity contribution in [2.45, 2.75) is 6.92 Å². The Kier molecular flexibility index (Phi) is 3.19. The second-order valence-corrected chi connectivity index (χ2v) is 1.62. The van der Waals surface area contributed by atoms with Crippen molar-refractivity contribution in [3.8, 4) is 0 Å². The lowest BCUT2D eigenvalue weighted by atomic mass is 10.5. The van der Waals surface area contributed by atoms with E-state index in [1.165, 1.54) is 0 Å². The maximum Gasteiger partial charge on any atom is 0.0122 e. The summed E-state index contributed by atoms with van der Waals surface area (Å²) in [5.74, 6) is 0. The molecular weight excluding hydrogens is 97.5 g/mol. The average Bonchev–Trinajstić information content (AvgIpc) is 1.35. The molecule has 1 nitrogen and oxygen atoms in total. The van der Waals surface area contributed by atoms with Crippen LogP contribution >= 0.6 is 11.6 Å². The molecule has 36 valence electrons. The van der Waals surface area contributed by atoms with Gasteiger partial charge in [-0.1, -0.05) is 17.7 Å². The standard InChI is InChI=1S/C4H8ClN/c1-4(5)2-3-6/h2H,3,6H2,1H3/b4-2+. The molecule has 0 unspecified atom stereocenters. The van der Waals surface area contributed by atoms with Gasteiger partial charge in [-0.25, -0.2) is 0 Å². The van der Waals surface area contributed by atoms with Crippen molar-refractivity contribution in [2.24, 2.45) is 5.73 Å². The van der Waals surface area contributed by atoms with Crippen molar-refractivity contribution in [3.05, 3.63) is 11.1 Å². The number of halogens is 1. The van der Waals surface area contributed by atoms with Crippen LogP contribution < -0.4 is 5.73 Å². The highest BCUT2D eigenvalue weighted by Crippen LogP contribution is 1.93. The van der Waals surface area contributed by atoms with E-state index in [4.69, 9.17) is 17.3 Å². The van der Waals surface area contributed by atoms with Gasteiger partial charge in [0.05, 0.1) is 0 Å². The molecule has 0 fully saturated rings. The summed E-state index contributed by atoms with van der Waals surface area (Å²) in [5.41, 5.74) is 5.07. The predicted molar refractivity (Wildman–Crippen MR) is 28.7 cm³/mol. The highest BCUT2D eigenvalue weighted by atomic mass is 35.5. The number of rotatable bonds is 1. The van der Waals surface area contributed by atoms with E-state index >= 15 is 0 Å². The van der Waals surface area contributed by atoms with Crippen LogP contribution in [0.15, 0.2) is 11.1 Å². The van der Waals surface area contributed by atoms with Gasteiger partial charge in [0.15, 0.2) is 0 Å². The fourth-order valence-electron chi connectivity index (χ4n) is 0.162. The minimum atomic E-state index is 0.537. The van der Waals surface area contributed by atoms with Crippen LogP contribution in [0.1, 0.15) is 6.92 Å². The van der Waals surface area contributed by atoms with Crippen molar-refractivity contribution in [2.75, 3.05) is 6.54 Å². The second-order valence-electron chi connectivity index (χ2n) is 1.03. The van der Waals surface area contributed by atoms with E-state index in [2.05, 4.69) is 0 Å². The molecule has 0 aromatic heterocycles.